The molecule has 0 spiro atoms. The molecule has 1 aliphatic rings. The van der Waals surface area contributed by atoms with Gasteiger partial charge in [-0.2, -0.15) is 0 Å². The summed E-state index contributed by atoms with van der Waals surface area (Å²) in [5, 5.41) is 13.7. The number of hydrogen-bond donors (Lipinski definition) is 2. The van der Waals surface area contributed by atoms with Crippen LogP contribution in [0, 0.1) is 17.8 Å². The van der Waals surface area contributed by atoms with Crippen molar-refractivity contribution in [2.45, 2.75) is 78.5 Å². The van der Waals surface area contributed by atoms with Crippen LogP contribution in [0.4, 0.5) is 0 Å². The Hall–Kier alpha value is -0.0800. The largest absolute Gasteiger partial charge is 0.389 e. The van der Waals surface area contributed by atoms with E-state index in [0.717, 1.165) is 17.8 Å². The van der Waals surface area contributed by atoms with Gasteiger partial charge in [0.15, 0.2) is 0 Å². The molecule has 2 N–H and O–H groups in total. The van der Waals surface area contributed by atoms with Gasteiger partial charge >= 0.3 is 0 Å². The third-order valence-electron chi connectivity index (χ3n) is 4.55. The Kier molecular flexibility index (Phi) is 5.03. The maximum absolute atomic E-state index is 10.0. The summed E-state index contributed by atoms with van der Waals surface area (Å²) in [7, 11) is 0. The molecule has 4 atom stereocenters. The average molecular weight is 241 g/mol. The van der Waals surface area contributed by atoms with Crippen LogP contribution in [0.2, 0.25) is 0 Å². The highest BCUT2D eigenvalue weighted by Crippen LogP contribution is 2.34. The van der Waals surface area contributed by atoms with Gasteiger partial charge < -0.3 is 10.4 Å². The van der Waals surface area contributed by atoms with Gasteiger partial charge in [0.05, 0.1) is 5.60 Å². The maximum Gasteiger partial charge on any atom is 0.0741 e. The molecule has 1 rings (SSSR count). The molecule has 2 nitrogen and oxygen atoms in total. The topological polar surface area (TPSA) is 32.3 Å². The van der Waals surface area contributed by atoms with Crippen LogP contribution in [0.25, 0.3) is 0 Å². The van der Waals surface area contributed by atoms with E-state index in [1.165, 1.54) is 19.3 Å². The van der Waals surface area contributed by atoms with Crippen molar-refractivity contribution in [1.82, 2.24) is 5.32 Å². The zero-order chi connectivity index (χ0) is 13.2. The molecular weight excluding hydrogens is 210 g/mol. The van der Waals surface area contributed by atoms with E-state index in [4.69, 9.17) is 0 Å². The first-order chi connectivity index (χ1) is 7.71. The van der Waals surface area contributed by atoms with Gasteiger partial charge in [-0.05, 0) is 51.4 Å². The Balaban J connectivity index is 2.64. The molecule has 0 amide bonds. The fourth-order valence-corrected chi connectivity index (χ4v) is 2.92. The lowest BCUT2D eigenvalue weighted by Gasteiger charge is -2.41. The predicted molar refractivity (Wildman–Crippen MR) is 74.0 cm³/mol. The highest BCUT2D eigenvalue weighted by atomic mass is 16.3. The minimum atomic E-state index is -0.637. The van der Waals surface area contributed by atoms with E-state index in [1.54, 1.807) is 0 Å². The molecule has 2 heteroatoms. The second-order valence-electron chi connectivity index (χ2n) is 6.97. The number of aliphatic hydroxyl groups is 1. The Morgan fingerprint density at radius 3 is 2.24 bits per heavy atom. The molecule has 1 saturated carbocycles. The highest BCUT2D eigenvalue weighted by molar-refractivity contribution is 4.90. The molecule has 0 bridgehead atoms. The first-order valence-electron chi connectivity index (χ1n) is 7.20. The third-order valence-corrected chi connectivity index (χ3v) is 4.55. The van der Waals surface area contributed by atoms with Crippen molar-refractivity contribution in [3.63, 3.8) is 0 Å². The summed E-state index contributed by atoms with van der Waals surface area (Å²) in [6.45, 7) is 12.9. The van der Waals surface area contributed by atoms with Crippen LogP contribution in [0.5, 0.6) is 0 Å². The van der Waals surface area contributed by atoms with Crippen LogP contribution in [0.3, 0.4) is 0 Å². The molecule has 0 saturated heterocycles. The molecule has 0 aromatic rings. The zero-order valence-electron chi connectivity index (χ0n) is 12.5. The fraction of sp³-hybridized carbons (Fsp3) is 1.00. The molecule has 17 heavy (non-hydrogen) atoms. The van der Waals surface area contributed by atoms with Crippen LogP contribution in [0.1, 0.15) is 60.8 Å². The van der Waals surface area contributed by atoms with Crippen molar-refractivity contribution in [2.24, 2.45) is 17.8 Å². The summed E-state index contributed by atoms with van der Waals surface area (Å²) in [4.78, 5) is 0. The Morgan fingerprint density at radius 2 is 1.76 bits per heavy atom. The molecule has 0 aliphatic heterocycles. The standard InChI is InChI=1S/C15H31NO/c1-10(2)13-8-7-11(3)9-14(13)16-12(4)15(5,6)17/h10-14,16-17H,7-9H2,1-6H3. The molecule has 0 aromatic carbocycles. The smallest absolute Gasteiger partial charge is 0.0741 e. The van der Waals surface area contributed by atoms with Crippen LogP contribution in [-0.2, 0) is 0 Å². The third kappa shape index (κ3) is 4.26. The van der Waals surface area contributed by atoms with Crippen molar-refractivity contribution in [1.29, 1.82) is 0 Å². The lowest BCUT2D eigenvalue weighted by atomic mass is 9.73. The highest BCUT2D eigenvalue weighted by Gasteiger charge is 2.33. The fourth-order valence-electron chi connectivity index (χ4n) is 2.92. The summed E-state index contributed by atoms with van der Waals surface area (Å²) in [5.74, 6) is 2.31. The molecule has 1 aliphatic carbocycles. The predicted octanol–water partition coefficient (Wildman–Crippen LogP) is 3.20. The van der Waals surface area contributed by atoms with E-state index < -0.39 is 5.60 Å². The van der Waals surface area contributed by atoms with Crippen LogP contribution in [-0.4, -0.2) is 22.8 Å². The van der Waals surface area contributed by atoms with Gasteiger partial charge in [0.25, 0.3) is 0 Å². The minimum absolute atomic E-state index is 0.152. The van der Waals surface area contributed by atoms with Crippen LogP contribution < -0.4 is 5.32 Å². The van der Waals surface area contributed by atoms with Crippen molar-refractivity contribution >= 4 is 0 Å². The summed E-state index contributed by atoms with van der Waals surface area (Å²) >= 11 is 0. The van der Waals surface area contributed by atoms with Gasteiger partial charge in [-0.25, -0.2) is 0 Å². The number of nitrogens with one attached hydrogen (secondary N) is 1. The van der Waals surface area contributed by atoms with E-state index in [0.29, 0.717) is 6.04 Å². The quantitative estimate of drug-likeness (QED) is 0.792. The summed E-state index contributed by atoms with van der Waals surface area (Å²) in [5.41, 5.74) is -0.637. The summed E-state index contributed by atoms with van der Waals surface area (Å²) < 4.78 is 0. The molecular formula is C15H31NO. The molecule has 1 fully saturated rings. The Bertz CT molecular complexity index is 232. The van der Waals surface area contributed by atoms with Crippen molar-refractivity contribution in [2.75, 3.05) is 0 Å². The van der Waals surface area contributed by atoms with Gasteiger partial charge in [0, 0.05) is 12.1 Å². The lowest BCUT2D eigenvalue weighted by Crippen LogP contribution is -2.53. The van der Waals surface area contributed by atoms with Crippen LogP contribution in [0.15, 0.2) is 0 Å². The van der Waals surface area contributed by atoms with Crippen LogP contribution >= 0.6 is 0 Å². The molecule has 0 aromatic heterocycles. The van der Waals surface area contributed by atoms with E-state index >= 15 is 0 Å². The average Bonchev–Trinajstić information content (AvgIpc) is 2.15. The Morgan fingerprint density at radius 1 is 1.18 bits per heavy atom. The van der Waals surface area contributed by atoms with E-state index in [-0.39, 0.29) is 6.04 Å². The number of hydrogen-bond acceptors (Lipinski definition) is 2. The van der Waals surface area contributed by atoms with Crippen molar-refractivity contribution < 1.29 is 5.11 Å². The van der Waals surface area contributed by atoms with E-state index in [1.807, 2.05) is 13.8 Å². The SMILES string of the molecule is CC1CCC(C(C)C)C(NC(C)C(C)(C)O)C1. The summed E-state index contributed by atoms with van der Waals surface area (Å²) in [6, 6.07) is 0.722. The molecule has 102 valence electrons. The minimum Gasteiger partial charge on any atom is -0.389 e. The number of rotatable bonds is 4. The first-order valence-corrected chi connectivity index (χ1v) is 7.20. The normalized spacial score (nSPS) is 32.8. The lowest BCUT2D eigenvalue weighted by molar-refractivity contribution is 0.0278. The van der Waals surface area contributed by atoms with Gasteiger partial charge in [-0.15, -0.1) is 0 Å². The molecule has 4 unspecified atom stereocenters. The van der Waals surface area contributed by atoms with Gasteiger partial charge in [-0.1, -0.05) is 27.2 Å². The summed E-state index contributed by atoms with van der Waals surface area (Å²) in [6.07, 6.45) is 3.94. The van der Waals surface area contributed by atoms with Gasteiger partial charge in [-0.3, -0.25) is 0 Å². The second-order valence-corrected chi connectivity index (χ2v) is 6.97. The van der Waals surface area contributed by atoms with Crippen molar-refractivity contribution in [3.8, 4) is 0 Å². The second kappa shape index (κ2) is 5.71. The van der Waals surface area contributed by atoms with Gasteiger partial charge in [0.2, 0.25) is 0 Å². The zero-order valence-corrected chi connectivity index (χ0v) is 12.5. The van der Waals surface area contributed by atoms with E-state index in [2.05, 4.69) is 33.0 Å². The van der Waals surface area contributed by atoms with Gasteiger partial charge in [0.1, 0.15) is 0 Å². The van der Waals surface area contributed by atoms with Crippen molar-refractivity contribution in [3.05, 3.63) is 0 Å². The Labute approximate surface area is 107 Å². The molecule has 0 heterocycles. The maximum atomic E-state index is 10.0. The monoisotopic (exact) mass is 241 g/mol. The molecule has 0 radical (unpaired) electrons. The first kappa shape index (κ1) is 15.0. The van der Waals surface area contributed by atoms with E-state index in [9.17, 15) is 5.11 Å².